The Labute approximate surface area is 292 Å². The van der Waals surface area contributed by atoms with Gasteiger partial charge in [0, 0.05) is 51.3 Å². The normalized spacial score (nSPS) is 20.2. The molecule has 0 unspecified atom stereocenters. The van der Waals surface area contributed by atoms with Gasteiger partial charge in [0.25, 0.3) is 11.8 Å². The number of nitrogens with zero attached hydrogens (tertiary/aromatic N) is 4. The van der Waals surface area contributed by atoms with Gasteiger partial charge >= 0.3 is 5.97 Å². The van der Waals surface area contributed by atoms with Crippen molar-refractivity contribution >= 4 is 29.6 Å². The van der Waals surface area contributed by atoms with Gasteiger partial charge in [0.05, 0.1) is 12.3 Å². The summed E-state index contributed by atoms with van der Waals surface area (Å²) in [7, 11) is 0. The van der Waals surface area contributed by atoms with Crippen molar-refractivity contribution in [3.8, 4) is 11.6 Å². The SMILES string of the molecule is O=C(CC[C@H](NC(=O)c1cc(OCC(=O)N2CCC[C@H]2C(=O)NC2CCC2)n(-c2ccccc2)n1)C(=O)N1CCNCC1)OCC1CCCC1. The van der Waals surface area contributed by atoms with Crippen LogP contribution in [0, 0.1) is 5.92 Å². The molecular formula is C36H49N7O7. The highest BCUT2D eigenvalue weighted by molar-refractivity contribution is 5.96. The van der Waals surface area contributed by atoms with Crippen LogP contribution in [0.1, 0.15) is 81.1 Å². The largest absolute Gasteiger partial charge is 0.467 e. The highest BCUT2D eigenvalue weighted by Crippen LogP contribution is 2.26. The standard InChI is InChI=1S/C36H49N7O7/c44-31(42-19-7-14-30(42)35(47)38-26-10-6-11-26)24-49-32-22-29(40-43(32)27-12-2-1-3-13-27)34(46)39-28(36(48)41-20-17-37-18-21-41)15-16-33(45)50-23-25-8-4-5-9-25/h1-3,12-13,22,25-26,28,30,37H,4-11,14-21,23-24H2,(H,38,47)(H,39,46)/t28-,30-/m0/s1. The molecule has 0 radical (unpaired) electrons. The minimum atomic E-state index is -0.967. The minimum absolute atomic E-state index is 0.0133. The molecule has 2 atom stereocenters. The van der Waals surface area contributed by atoms with Gasteiger partial charge in [-0.3, -0.25) is 24.0 Å². The Hall–Kier alpha value is -4.46. The molecule has 4 fully saturated rings. The first kappa shape index (κ1) is 35.4. The lowest BCUT2D eigenvalue weighted by Gasteiger charge is -2.31. The predicted molar refractivity (Wildman–Crippen MR) is 182 cm³/mol. The molecule has 50 heavy (non-hydrogen) atoms. The van der Waals surface area contributed by atoms with Crippen molar-refractivity contribution in [3.63, 3.8) is 0 Å². The number of amides is 4. The van der Waals surface area contributed by atoms with Gasteiger partial charge in [-0.25, -0.2) is 4.68 Å². The number of nitrogens with one attached hydrogen (secondary N) is 3. The van der Waals surface area contributed by atoms with E-state index in [0.29, 0.717) is 57.4 Å². The fourth-order valence-corrected chi connectivity index (χ4v) is 7.06. The Morgan fingerprint density at radius 1 is 0.920 bits per heavy atom. The van der Waals surface area contributed by atoms with Crippen LogP contribution >= 0.6 is 0 Å². The van der Waals surface area contributed by atoms with E-state index in [9.17, 15) is 24.0 Å². The lowest BCUT2D eigenvalue weighted by Crippen LogP contribution is -2.54. The molecule has 270 valence electrons. The van der Waals surface area contributed by atoms with Crippen LogP contribution in [-0.2, 0) is 23.9 Å². The number of esters is 1. The van der Waals surface area contributed by atoms with Crippen LogP contribution in [-0.4, -0.2) is 113 Å². The summed E-state index contributed by atoms with van der Waals surface area (Å²) in [5, 5.41) is 13.6. The highest BCUT2D eigenvalue weighted by atomic mass is 16.5. The third-order valence-corrected chi connectivity index (χ3v) is 10.2. The molecule has 2 aliphatic heterocycles. The molecule has 1 aromatic heterocycles. The third kappa shape index (κ3) is 9.01. The molecule has 2 saturated heterocycles. The van der Waals surface area contributed by atoms with Gasteiger partial charge in [-0.2, -0.15) is 5.10 Å². The maximum Gasteiger partial charge on any atom is 0.305 e. The maximum absolute atomic E-state index is 13.7. The summed E-state index contributed by atoms with van der Waals surface area (Å²) in [4.78, 5) is 69.5. The van der Waals surface area contributed by atoms with Gasteiger partial charge in [0.15, 0.2) is 12.3 Å². The van der Waals surface area contributed by atoms with Crippen LogP contribution in [0.25, 0.3) is 5.69 Å². The first-order valence-electron chi connectivity index (χ1n) is 18.2. The number of rotatable bonds is 14. The van der Waals surface area contributed by atoms with Crippen LogP contribution in [0.3, 0.4) is 0 Å². The van der Waals surface area contributed by atoms with E-state index in [0.717, 1.165) is 51.4 Å². The average Bonchev–Trinajstić information content (AvgIpc) is 3.92. The number of likely N-dealkylation sites (tertiary alicyclic amines) is 1. The molecule has 2 aromatic rings. The lowest BCUT2D eigenvalue weighted by atomic mass is 9.93. The van der Waals surface area contributed by atoms with Crippen molar-refractivity contribution in [3.05, 3.63) is 42.1 Å². The quantitative estimate of drug-likeness (QED) is 0.251. The lowest BCUT2D eigenvalue weighted by molar-refractivity contribution is -0.145. The van der Waals surface area contributed by atoms with Gasteiger partial charge in [0.1, 0.15) is 12.1 Å². The minimum Gasteiger partial charge on any atom is -0.467 e. The summed E-state index contributed by atoms with van der Waals surface area (Å²) in [6.45, 7) is 2.77. The first-order valence-corrected chi connectivity index (χ1v) is 18.2. The van der Waals surface area contributed by atoms with Crippen molar-refractivity contribution in [2.45, 2.75) is 88.8 Å². The molecule has 1 aromatic carbocycles. The van der Waals surface area contributed by atoms with E-state index < -0.39 is 24.0 Å². The Morgan fingerprint density at radius 2 is 1.68 bits per heavy atom. The number of carbonyl (C=O) groups is 5. The fourth-order valence-electron chi connectivity index (χ4n) is 7.06. The highest BCUT2D eigenvalue weighted by Gasteiger charge is 2.36. The molecule has 14 heteroatoms. The number of para-hydroxylation sites is 1. The Balaban J connectivity index is 1.13. The number of piperazine rings is 1. The second-order valence-corrected chi connectivity index (χ2v) is 13.8. The van der Waals surface area contributed by atoms with Crippen molar-refractivity contribution in [1.82, 2.24) is 35.5 Å². The number of ether oxygens (including phenoxy) is 2. The summed E-state index contributed by atoms with van der Waals surface area (Å²) in [6, 6.07) is 9.17. The first-order chi connectivity index (χ1) is 24.4. The van der Waals surface area contributed by atoms with Gasteiger partial charge in [-0.15, -0.1) is 0 Å². The maximum atomic E-state index is 13.7. The molecule has 0 spiro atoms. The van der Waals surface area contributed by atoms with Crippen molar-refractivity contribution in [2.24, 2.45) is 5.92 Å². The van der Waals surface area contributed by atoms with Crippen molar-refractivity contribution < 1.29 is 33.4 Å². The third-order valence-electron chi connectivity index (χ3n) is 10.2. The summed E-state index contributed by atoms with van der Waals surface area (Å²) < 4.78 is 12.9. The van der Waals surface area contributed by atoms with E-state index >= 15 is 0 Å². The van der Waals surface area contributed by atoms with E-state index in [-0.39, 0.29) is 54.8 Å². The van der Waals surface area contributed by atoms with Gasteiger partial charge in [-0.1, -0.05) is 31.0 Å². The zero-order chi connectivity index (χ0) is 34.9. The molecule has 2 aliphatic carbocycles. The molecular weight excluding hydrogens is 642 g/mol. The van der Waals surface area contributed by atoms with Crippen LogP contribution in [0.2, 0.25) is 0 Å². The Bertz CT molecular complexity index is 1500. The molecule has 2 saturated carbocycles. The Morgan fingerprint density at radius 3 is 2.40 bits per heavy atom. The van der Waals surface area contributed by atoms with Gasteiger partial charge in [-0.05, 0) is 69.4 Å². The predicted octanol–water partition coefficient (Wildman–Crippen LogP) is 1.95. The van der Waals surface area contributed by atoms with E-state index in [4.69, 9.17) is 9.47 Å². The zero-order valence-electron chi connectivity index (χ0n) is 28.6. The number of carbonyl (C=O) groups excluding carboxylic acids is 5. The fraction of sp³-hybridized carbons (Fsp3) is 0.611. The summed E-state index contributed by atoms with van der Waals surface area (Å²) in [5.41, 5.74) is 0.587. The molecule has 6 rings (SSSR count). The topological polar surface area (TPSA) is 164 Å². The monoisotopic (exact) mass is 691 g/mol. The zero-order valence-corrected chi connectivity index (χ0v) is 28.6. The smallest absolute Gasteiger partial charge is 0.305 e. The van der Waals surface area contributed by atoms with Gasteiger partial charge in [0.2, 0.25) is 17.7 Å². The second kappa shape index (κ2) is 17.0. The van der Waals surface area contributed by atoms with Gasteiger partial charge < -0.3 is 35.2 Å². The number of hydrogen-bond donors (Lipinski definition) is 3. The second-order valence-electron chi connectivity index (χ2n) is 13.8. The van der Waals surface area contributed by atoms with E-state index in [1.165, 1.54) is 10.7 Å². The molecule has 0 bridgehead atoms. The average molecular weight is 692 g/mol. The van der Waals surface area contributed by atoms with E-state index in [2.05, 4.69) is 21.0 Å². The van der Waals surface area contributed by atoms with Crippen LogP contribution in [0.4, 0.5) is 0 Å². The molecule has 3 N–H and O–H groups in total. The molecule has 4 amide bonds. The van der Waals surface area contributed by atoms with Crippen LogP contribution in [0.5, 0.6) is 5.88 Å². The molecule has 14 nitrogen and oxygen atoms in total. The number of hydrogen-bond acceptors (Lipinski definition) is 9. The summed E-state index contributed by atoms with van der Waals surface area (Å²) >= 11 is 0. The Kier molecular flexibility index (Phi) is 12.0. The van der Waals surface area contributed by atoms with E-state index in [1.807, 2.05) is 18.2 Å². The number of aromatic nitrogens is 2. The van der Waals surface area contributed by atoms with Crippen LogP contribution < -0.4 is 20.7 Å². The van der Waals surface area contributed by atoms with Crippen molar-refractivity contribution in [1.29, 1.82) is 0 Å². The summed E-state index contributed by atoms with van der Waals surface area (Å²) in [6.07, 6.45) is 8.84. The van der Waals surface area contributed by atoms with Crippen molar-refractivity contribution in [2.75, 3.05) is 45.9 Å². The molecule has 4 aliphatic rings. The summed E-state index contributed by atoms with van der Waals surface area (Å²) in [5.74, 6) is -1.18. The molecule has 3 heterocycles. The number of benzene rings is 1. The van der Waals surface area contributed by atoms with Crippen LogP contribution in [0.15, 0.2) is 36.4 Å². The van der Waals surface area contributed by atoms with E-state index in [1.54, 1.807) is 21.9 Å².